The van der Waals surface area contributed by atoms with E-state index in [-0.39, 0.29) is 65.6 Å². The molecule has 0 heterocycles. The van der Waals surface area contributed by atoms with Crippen LogP contribution in [0.5, 0.6) is 0 Å². The summed E-state index contributed by atoms with van der Waals surface area (Å²) in [7, 11) is 0. The Morgan fingerprint density at radius 3 is 2.04 bits per heavy atom. The Labute approximate surface area is 198 Å². The van der Waals surface area contributed by atoms with Crippen LogP contribution < -0.4 is 34.0 Å². The summed E-state index contributed by atoms with van der Waals surface area (Å²) in [6.07, 6.45) is 4.48. The number of halogens is 2. The molecule has 2 aliphatic rings. The van der Waals surface area contributed by atoms with Gasteiger partial charge in [0, 0.05) is 0 Å². The maximum Gasteiger partial charge on any atom is 4.00 e. The predicted molar refractivity (Wildman–Crippen MR) is 98.1 cm³/mol. The largest absolute Gasteiger partial charge is 4.00 e. The molecule has 2 aromatic rings. The zero-order chi connectivity index (χ0) is 16.6. The van der Waals surface area contributed by atoms with Gasteiger partial charge in [-0.15, -0.1) is 12.5 Å². The van der Waals surface area contributed by atoms with E-state index in [4.69, 9.17) is 0 Å². The molecule has 0 atom stereocenters. The van der Waals surface area contributed by atoms with E-state index in [1.807, 2.05) is 6.07 Å². The molecule has 0 bridgehead atoms. The molecule has 0 fully saturated rings. The molecule has 0 aliphatic heterocycles. The third-order valence-electron chi connectivity index (χ3n) is 5.18. The van der Waals surface area contributed by atoms with Gasteiger partial charge < -0.3 is 34.0 Å². The van der Waals surface area contributed by atoms with Crippen LogP contribution in [-0.4, -0.2) is 0 Å². The number of allylic oxidation sites excluding steroid dienone is 4. The van der Waals surface area contributed by atoms with E-state index in [2.05, 4.69) is 83.2 Å². The van der Waals surface area contributed by atoms with Crippen molar-refractivity contribution in [2.24, 2.45) is 5.41 Å². The van der Waals surface area contributed by atoms with Crippen LogP contribution in [0.1, 0.15) is 45.7 Å². The van der Waals surface area contributed by atoms with Crippen LogP contribution in [0.15, 0.2) is 59.2 Å². The molecule has 2 aromatic carbocycles. The molecule has 0 saturated carbocycles. The van der Waals surface area contributed by atoms with Gasteiger partial charge >= 0.3 is 26.2 Å². The first-order chi connectivity index (χ1) is 10.9. The minimum Gasteiger partial charge on any atom is -1.00 e. The molecule has 0 unspecified atom stereocenters. The second-order valence-electron chi connectivity index (χ2n) is 7.02. The molecular formula is C23H24Br2Zr. The molecule has 0 nitrogen and oxygen atoms in total. The van der Waals surface area contributed by atoms with E-state index in [0.29, 0.717) is 0 Å². The third kappa shape index (κ3) is 5.18. The molecular weight excluding hydrogens is 527 g/mol. The fraction of sp³-hybridized carbons (Fsp3) is 0.304. The molecule has 0 aromatic heterocycles. The van der Waals surface area contributed by atoms with Crippen LogP contribution in [0.2, 0.25) is 0 Å². The second-order valence-corrected chi connectivity index (χ2v) is 7.02. The molecule has 3 heteroatoms. The van der Waals surface area contributed by atoms with Crippen molar-refractivity contribution in [3.63, 3.8) is 0 Å². The zero-order valence-corrected chi connectivity index (χ0v) is 21.6. The van der Waals surface area contributed by atoms with E-state index >= 15 is 0 Å². The zero-order valence-electron chi connectivity index (χ0n) is 16.0. The van der Waals surface area contributed by atoms with Crippen molar-refractivity contribution in [2.75, 3.05) is 0 Å². The summed E-state index contributed by atoms with van der Waals surface area (Å²) >= 11 is 0. The molecule has 0 N–H and O–H groups in total. The van der Waals surface area contributed by atoms with Gasteiger partial charge in [0.25, 0.3) is 0 Å². The number of hydrogen-bond donors (Lipinski definition) is 0. The van der Waals surface area contributed by atoms with Crippen molar-refractivity contribution in [1.29, 1.82) is 0 Å². The second kappa shape index (κ2) is 10.3. The Morgan fingerprint density at radius 2 is 1.50 bits per heavy atom. The van der Waals surface area contributed by atoms with E-state index in [1.165, 1.54) is 39.0 Å². The summed E-state index contributed by atoms with van der Waals surface area (Å²) in [6, 6.07) is 18.1. The molecule has 0 spiro atoms. The van der Waals surface area contributed by atoms with Gasteiger partial charge in [-0.1, -0.05) is 68.5 Å². The van der Waals surface area contributed by atoms with Gasteiger partial charge in [0.15, 0.2) is 0 Å². The summed E-state index contributed by atoms with van der Waals surface area (Å²) < 4.78 is 0. The average Bonchev–Trinajstić information content (AvgIpc) is 2.99. The average molecular weight is 551 g/mol. The SMILES string of the molecule is CC1=[C-]C(C)(C)C(C)=C1C.[Br-].[Br-].[Zr+4].[c-]1cccc2c1Cc1ccccc1-2. The number of rotatable bonds is 0. The van der Waals surface area contributed by atoms with E-state index in [1.54, 1.807) is 0 Å². The molecule has 0 radical (unpaired) electrons. The Hall–Kier alpha value is -0.237. The molecule has 134 valence electrons. The normalized spacial score (nSPS) is 15.2. The number of benzene rings is 2. The summed E-state index contributed by atoms with van der Waals surface area (Å²) in [5.41, 5.74) is 9.90. The Bertz CT molecular complexity index is 773. The van der Waals surface area contributed by atoms with Crippen molar-refractivity contribution in [3.05, 3.63) is 82.5 Å². The van der Waals surface area contributed by atoms with Crippen LogP contribution in [0.4, 0.5) is 0 Å². The van der Waals surface area contributed by atoms with Gasteiger partial charge in [0.05, 0.1) is 0 Å². The fourth-order valence-corrected chi connectivity index (χ4v) is 3.40. The van der Waals surface area contributed by atoms with Crippen LogP contribution in [0.3, 0.4) is 0 Å². The van der Waals surface area contributed by atoms with Crippen LogP contribution in [-0.2, 0) is 32.6 Å². The van der Waals surface area contributed by atoms with Gasteiger partial charge in [-0.2, -0.15) is 41.0 Å². The van der Waals surface area contributed by atoms with Gasteiger partial charge in [0.2, 0.25) is 0 Å². The van der Waals surface area contributed by atoms with Crippen LogP contribution in [0, 0.1) is 17.6 Å². The van der Waals surface area contributed by atoms with Crippen LogP contribution in [0.25, 0.3) is 11.1 Å². The van der Waals surface area contributed by atoms with Gasteiger partial charge in [-0.25, -0.2) is 5.57 Å². The first-order valence-electron chi connectivity index (χ1n) is 8.28. The summed E-state index contributed by atoms with van der Waals surface area (Å²) in [6.45, 7) is 10.9. The number of hydrogen-bond acceptors (Lipinski definition) is 0. The summed E-state index contributed by atoms with van der Waals surface area (Å²) in [5, 5.41) is 0. The van der Waals surface area contributed by atoms with Crippen molar-refractivity contribution >= 4 is 0 Å². The molecule has 0 amide bonds. The van der Waals surface area contributed by atoms with E-state index in [0.717, 1.165) is 6.42 Å². The van der Waals surface area contributed by atoms with Crippen molar-refractivity contribution in [3.8, 4) is 11.1 Å². The molecule has 26 heavy (non-hydrogen) atoms. The Kier molecular flexibility index (Phi) is 10.3. The van der Waals surface area contributed by atoms with Gasteiger partial charge in [-0.05, 0) is 6.42 Å². The summed E-state index contributed by atoms with van der Waals surface area (Å²) in [5.74, 6) is 0. The first kappa shape index (κ1) is 25.8. The molecule has 4 rings (SSSR count). The first-order valence-corrected chi connectivity index (χ1v) is 8.28. The predicted octanol–water partition coefficient (Wildman–Crippen LogP) is 0.176. The van der Waals surface area contributed by atoms with Crippen molar-refractivity contribution in [1.82, 2.24) is 0 Å². The molecule has 2 aliphatic carbocycles. The maximum absolute atomic E-state index is 3.44. The number of fused-ring (bicyclic) bond motifs is 3. The van der Waals surface area contributed by atoms with Gasteiger partial charge in [-0.3, -0.25) is 6.08 Å². The van der Waals surface area contributed by atoms with Crippen molar-refractivity contribution < 1.29 is 60.2 Å². The monoisotopic (exact) mass is 548 g/mol. The van der Waals surface area contributed by atoms with E-state index < -0.39 is 0 Å². The Morgan fingerprint density at radius 1 is 0.885 bits per heavy atom. The van der Waals surface area contributed by atoms with Crippen molar-refractivity contribution in [2.45, 2.75) is 41.0 Å². The minimum absolute atomic E-state index is 0. The van der Waals surface area contributed by atoms with E-state index in [9.17, 15) is 0 Å². The maximum atomic E-state index is 3.44. The molecule has 0 saturated heterocycles. The third-order valence-corrected chi connectivity index (χ3v) is 5.18. The minimum atomic E-state index is 0. The van der Waals surface area contributed by atoms with Gasteiger partial charge in [0.1, 0.15) is 0 Å². The smallest absolute Gasteiger partial charge is 1.00 e. The quantitative estimate of drug-likeness (QED) is 0.350. The Balaban J connectivity index is 0.000000445. The topological polar surface area (TPSA) is 0 Å². The fourth-order valence-electron chi connectivity index (χ4n) is 3.40. The standard InChI is InChI=1S/C13H9.C10H15.2BrH.Zr/c1-3-7-12-10(5-1)9-11-6-2-4-8-13(11)12;1-7-6-10(4,5)9(3)8(7)2;;;/h1-5,7-8H,9H2;1-5H3;2*1H;/q2*-1;;;+4/p-2. The van der Waals surface area contributed by atoms with Crippen LogP contribution >= 0.6 is 0 Å². The summed E-state index contributed by atoms with van der Waals surface area (Å²) in [4.78, 5) is 0.